The Morgan fingerprint density at radius 2 is 1.39 bits per heavy atom. The van der Waals surface area contributed by atoms with Gasteiger partial charge in [0, 0.05) is 0 Å². The van der Waals surface area contributed by atoms with E-state index in [0.29, 0.717) is 0 Å². The molecule has 0 heterocycles. The van der Waals surface area contributed by atoms with Crippen LogP contribution in [0.5, 0.6) is 5.75 Å². The fraction of sp³-hybridized carbons (Fsp3) is 0.0500. The van der Waals surface area contributed by atoms with Gasteiger partial charge in [0.05, 0.1) is 0 Å². The van der Waals surface area contributed by atoms with Gasteiger partial charge in [-0.3, -0.25) is 0 Å². The van der Waals surface area contributed by atoms with Crippen LogP contribution < -0.4 is 0 Å². The number of carbonyl (C=O) groups is 1. The third-order valence-electron chi connectivity index (χ3n) is 3.55. The molecule has 3 rings (SSSR count). The SMILES string of the molecule is O=C(OCc1ccc(-c2ccccc2)cc1)c1ccccc1O. The molecule has 0 radical (unpaired) electrons. The second kappa shape index (κ2) is 6.79. The van der Waals surface area contributed by atoms with Gasteiger partial charge in [-0.15, -0.1) is 0 Å². The van der Waals surface area contributed by atoms with E-state index in [9.17, 15) is 9.90 Å². The Morgan fingerprint density at radius 1 is 0.783 bits per heavy atom. The van der Waals surface area contributed by atoms with E-state index in [2.05, 4.69) is 0 Å². The molecule has 3 heteroatoms. The van der Waals surface area contributed by atoms with E-state index in [1.165, 1.54) is 12.1 Å². The first-order chi connectivity index (χ1) is 11.2. The molecule has 0 unspecified atom stereocenters. The van der Waals surface area contributed by atoms with Crippen molar-refractivity contribution in [2.75, 3.05) is 0 Å². The van der Waals surface area contributed by atoms with Gasteiger partial charge < -0.3 is 9.84 Å². The monoisotopic (exact) mass is 304 g/mol. The molecule has 0 aliphatic heterocycles. The van der Waals surface area contributed by atoms with E-state index in [1.54, 1.807) is 12.1 Å². The van der Waals surface area contributed by atoms with Gasteiger partial charge >= 0.3 is 5.97 Å². The van der Waals surface area contributed by atoms with Crippen LogP contribution in [0.1, 0.15) is 15.9 Å². The summed E-state index contributed by atoms with van der Waals surface area (Å²) in [5, 5.41) is 9.64. The van der Waals surface area contributed by atoms with Crippen molar-refractivity contribution in [1.29, 1.82) is 0 Å². The number of phenols is 1. The minimum absolute atomic E-state index is 0.0723. The summed E-state index contributed by atoms with van der Waals surface area (Å²) < 4.78 is 5.24. The van der Waals surface area contributed by atoms with Crippen LogP contribution in [0.15, 0.2) is 78.9 Å². The van der Waals surface area contributed by atoms with E-state index >= 15 is 0 Å². The number of benzene rings is 3. The van der Waals surface area contributed by atoms with Gasteiger partial charge in [-0.05, 0) is 28.8 Å². The van der Waals surface area contributed by atoms with Crippen molar-refractivity contribution in [3.63, 3.8) is 0 Å². The van der Waals surface area contributed by atoms with E-state index in [-0.39, 0.29) is 17.9 Å². The molecular weight excluding hydrogens is 288 g/mol. The number of aromatic hydroxyl groups is 1. The number of hydrogen-bond donors (Lipinski definition) is 1. The molecule has 1 N–H and O–H groups in total. The summed E-state index contributed by atoms with van der Waals surface area (Å²) in [4.78, 5) is 11.9. The van der Waals surface area contributed by atoms with Crippen LogP contribution in [0, 0.1) is 0 Å². The third kappa shape index (κ3) is 3.58. The molecule has 0 aromatic heterocycles. The van der Waals surface area contributed by atoms with Gasteiger partial charge in [-0.1, -0.05) is 66.7 Å². The predicted molar refractivity (Wildman–Crippen MR) is 89.1 cm³/mol. The molecule has 0 aliphatic rings. The number of hydrogen-bond acceptors (Lipinski definition) is 3. The van der Waals surface area contributed by atoms with Crippen LogP contribution >= 0.6 is 0 Å². The molecule has 0 aliphatic carbocycles. The van der Waals surface area contributed by atoms with Gasteiger partial charge in [0.15, 0.2) is 0 Å². The Labute approximate surface area is 134 Å². The highest BCUT2D eigenvalue weighted by Gasteiger charge is 2.11. The molecule has 3 nitrogen and oxygen atoms in total. The minimum atomic E-state index is -0.532. The average molecular weight is 304 g/mol. The van der Waals surface area contributed by atoms with E-state index in [1.807, 2.05) is 54.6 Å². The summed E-state index contributed by atoms with van der Waals surface area (Å²) in [5.41, 5.74) is 3.33. The molecule has 0 saturated carbocycles. The van der Waals surface area contributed by atoms with Gasteiger partial charge in [-0.2, -0.15) is 0 Å². The maximum atomic E-state index is 11.9. The summed E-state index contributed by atoms with van der Waals surface area (Å²) in [5.74, 6) is -0.604. The Hall–Kier alpha value is -3.07. The standard InChI is InChI=1S/C20H16O3/c21-19-9-5-4-8-18(19)20(22)23-14-15-10-12-17(13-11-15)16-6-2-1-3-7-16/h1-13,21H,14H2. The van der Waals surface area contributed by atoms with Crippen LogP contribution in [-0.2, 0) is 11.3 Å². The lowest BCUT2D eigenvalue weighted by Gasteiger charge is -2.07. The summed E-state index contributed by atoms with van der Waals surface area (Å²) in [6, 6.07) is 24.3. The van der Waals surface area contributed by atoms with Crippen molar-refractivity contribution in [2.24, 2.45) is 0 Å². The van der Waals surface area contributed by atoms with E-state index < -0.39 is 5.97 Å². The van der Waals surface area contributed by atoms with Crippen LogP contribution in [0.2, 0.25) is 0 Å². The lowest BCUT2D eigenvalue weighted by molar-refractivity contribution is 0.0469. The number of rotatable bonds is 4. The van der Waals surface area contributed by atoms with Crippen molar-refractivity contribution in [1.82, 2.24) is 0 Å². The second-order valence-corrected chi connectivity index (χ2v) is 5.16. The first-order valence-electron chi connectivity index (χ1n) is 7.33. The number of carbonyl (C=O) groups excluding carboxylic acids is 1. The van der Waals surface area contributed by atoms with Crippen molar-refractivity contribution < 1.29 is 14.6 Å². The molecule has 0 bridgehead atoms. The molecule has 0 amide bonds. The fourth-order valence-corrected chi connectivity index (χ4v) is 2.30. The molecule has 3 aromatic carbocycles. The molecule has 0 spiro atoms. The summed E-state index contributed by atoms with van der Waals surface area (Å²) in [6.07, 6.45) is 0. The average Bonchev–Trinajstić information content (AvgIpc) is 2.61. The van der Waals surface area contributed by atoms with Crippen molar-refractivity contribution in [3.05, 3.63) is 90.0 Å². The first kappa shape index (κ1) is 14.9. The topological polar surface area (TPSA) is 46.5 Å². The van der Waals surface area contributed by atoms with Gasteiger partial charge in [-0.25, -0.2) is 4.79 Å². The number of para-hydroxylation sites is 1. The van der Waals surface area contributed by atoms with Crippen molar-refractivity contribution >= 4 is 5.97 Å². The summed E-state index contributed by atoms with van der Waals surface area (Å²) in [7, 11) is 0. The quantitative estimate of drug-likeness (QED) is 0.726. The zero-order valence-corrected chi connectivity index (χ0v) is 12.5. The molecule has 3 aromatic rings. The number of ether oxygens (including phenoxy) is 1. The second-order valence-electron chi connectivity index (χ2n) is 5.16. The smallest absolute Gasteiger partial charge is 0.342 e. The van der Waals surface area contributed by atoms with Gasteiger partial charge in [0.2, 0.25) is 0 Å². The lowest BCUT2D eigenvalue weighted by Crippen LogP contribution is -2.05. The Balaban J connectivity index is 1.65. The molecule has 0 fully saturated rings. The maximum absolute atomic E-state index is 11.9. The largest absolute Gasteiger partial charge is 0.507 e. The third-order valence-corrected chi connectivity index (χ3v) is 3.55. The highest BCUT2D eigenvalue weighted by molar-refractivity contribution is 5.92. The Morgan fingerprint density at radius 3 is 2.09 bits per heavy atom. The minimum Gasteiger partial charge on any atom is -0.507 e. The fourth-order valence-electron chi connectivity index (χ4n) is 2.30. The van der Waals surface area contributed by atoms with E-state index in [4.69, 9.17) is 4.74 Å². The first-order valence-corrected chi connectivity index (χ1v) is 7.33. The Kier molecular flexibility index (Phi) is 4.39. The molecular formula is C20H16O3. The van der Waals surface area contributed by atoms with Crippen molar-refractivity contribution in [2.45, 2.75) is 6.61 Å². The van der Waals surface area contributed by atoms with Gasteiger partial charge in [0.1, 0.15) is 17.9 Å². The highest BCUT2D eigenvalue weighted by atomic mass is 16.5. The normalized spacial score (nSPS) is 10.3. The van der Waals surface area contributed by atoms with E-state index in [0.717, 1.165) is 16.7 Å². The van der Waals surface area contributed by atoms with Crippen LogP contribution in [0.3, 0.4) is 0 Å². The predicted octanol–water partition coefficient (Wildman–Crippen LogP) is 4.42. The zero-order chi connectivity index (χ0) is 16.1. The zero-order valence-electron chi connectivity index (χ0n) is 12.5. The number of phenolic OH excluding ortho intramolecular Hbond substituents is 1. The van der Waals surface area contributed by atoms with Crippen LogP contribution in [0.4, 0.5) is 0 Å². The van der Waals surface area contributed by atoms with Crippen molar-refractivity contribution in [3.8, 4) is 16.9 Å². The summed E-state index contributed by atoms with van der Waals surface area (Å²) in [6.45, 7) is 0.169. The highest BCUT2D eigenvalue weighted by Crippen LogP contribution is 2.20. The number of esters is 1. The molecule has 0 atom stereocenters. The Bertz CT molecular complexity index is 793. The van der Waals surface area contributed by atoms with Gasteiger partial charge in [0.25, 0.3) is 0 Å². The lowest BCUT2D eigenvalue weighted by atomic mass is 10.0. The molecule has 0 saturated heterocycles. The molecule has 23 heavy (non-hydrogen) atoms. The molecule has 114 valence electrons. The maximum Gasteiger partial charge on any atom is 0.342 e. The van der Waals surface area contributed by atoms with Crippen LogP contribution in [0.25, 0.3) is 11.1 Å². The van der Waals surface area contributed by atoms with Crippen LogP contribution in [-0.4, -0.2) is 11.1 Å². The summed E-state index contributed by atoms with van der Waals surface area (Å²) >= 11 is 0.